The van der Waals surface area contributed by atoms with Crippen molar-refractivity contribution < 1.29 is 4.42 Å². The predicted octanol–water partition coefficient (Wildman–Crippen LogP) is 13.5. The summed E-state index contributed by atoms with van der Waals surface area (Å²) < 4.78 is 6.58. The van der Waals surface area contributed by atoms with Gasteiger partial charge in [0.05, 0.1) is 11.4 Å². The molecule has 0 radical (unpaired) electrons. The first-order valence-electron chi connectivity index (χ1n) is 17.9. The number of furan rings is 1. The van der Waals surface area contributed by atoms with E-state index in [1.54, 1.807) is 0 Å². The van der Waals surface area contributed by atoms with E-state index in [0.717, 1.165) is 83.4 Å². The largest absolute Gasteiger partial charge is 0.455 e. The summed E-state index contributed by atoms with van der Waals surface area (Å²) in [5, 5.41) is 4.61. The summed E-state index contributed by atoms with van der Waals surface area (Å²) in [4.78, 5) is 10.5. The van der Waals surface area contributed by atoms with Gasteiger partial charge >= 0.3 is 0 Å². The Morgan fingerprint density at radius 2 is 0.849 bits per heavy atom. The highest BCUT2D eigenvalue weighted by Gasteiger charge is 2.17. The zero-order chi connectivity index (χ0) is 35.1. The Balaban J connectivity index is 1.23. The van der Waals surface area contributed by atoms with Crippen molar-refractivity contribution in [1.29, 1.82) is 0 Å². The molecule has 0 atom stereocenters. The zero-order valence-electron chi connectivity index (χ0n) is 28.8. The molecule has 0 N–H and O–H groups in total. The van der Waals surface area contributed by atoms with E-state index in [0.29, 0.717) is 5.82 Å². The lowest BCUT2D eigenvalue weighted by atomic mass is 9.91. The molecule has 3 heteroatoms. The lowest BCUT2D eigenvalue weighted by Gasteiger charge is -2.15. The topological polar surface area (TPSA) is 38.9 Å². The Labute approximate surface area is 307 Å². The predicted molar refractivity (Wildman–Crippen MR) is 219 cm³/mol. The highest BCUT2D eigenvalue weighted by molar-refractivity contribution is 6.10. The first-order chi connectivity index (χ1) is 26.2. The standard InChI is InChI=1S/C50H32N2O/c1-3-14-33(15-4-1)36-20-11-21-37(28-36)50-51-46(35-17-5-2-6-18-35)32-47(52-50)40-30-38(42-24-12-19-34-16-7-8-22-41(34)42)29-39(31-40)43-25-13-26-45-44-23-9-10-27-48(44)53-49(43)45/h1-32H. The summed E-state index contributed by atoms with van der Waals surface area (Å²) in [6.45, 7) is 0. The number of para-hydroxylation sites is 2. The van der Waals surface area contributed by atoms with Gasteiger partial charge in [-0.05, 0) is 75.0 Å². The molecule has 248 valence electrons. The van der Waals surface area contributed by atoms with Crippen molar-refractivity contribution in [2.45, 2.75) is 0 Å². The Morgan fingerprint density at radius 3 is 1.68 bits per heavy atom. The third-order valence-corrected chi connectivity index (χ3v) is 10.1. The van der Waals surface area contributed by atoms with Crippen molar-refractivity contribution in [1.82, 2.24) is 9.97 Å². The number of hydrogen-bond donors (Lipinski definition) is 0. The van der Waals surface area contributed by atoms with Crippen molar-refractivity contribution in [3.8, 4) is 67.3 Å². The van der Waals surface area contributed by atoms with Crippen LogP contribution in [0.1, 0.15) is 0 Å². The van der Waals surface area contributed by atoms with Gasteiger partial charge in [0.25, 0.3) is 0 Å². The molecule has 0 aliphatic carbocycles. The van der Waals surface area contributed by atoms with Crippen molar-refractivity contribution in [3.63, 3.8) is 0 Å². The minimum Gasteiger partial charge on any atom is -0.455 e. The highest BCUT2D eigenvalue weighted by atomic mass is 16.3. The number of rotatable bonds is 6. The Bertz CT molecular complexity index is 2940. The molecule has 8 aromatic carbocycles. The SMILES string of the molecule is c1ccc(-c2cccc(-c3nc(-c4ccccc4)cc(-c4cc(-c5cccc6ccccc56)cc(-c5cccc6c5oc5ccccc56)c4)n3)c2)cc1. The Hall–Kier alpha value is -7.10. The molecule has 2 heterocycles. The summed E-state index contributed by atoms with van der Waals surface area (Å²) in [7, 11) is 0. The van der Waals surface area contributed by atoms with Crippen LogP contribution in [-0.4, -0.2) is 9.97 Å². The maximum Gasteiger partial charge on any atom is 0.160 e. The Morgan fingerprint density at radius 1 is 0.321 bits per heavy atom. The summed E-state index contributed by atoms with van der Waals surface area (Å²) >= 11 is 0. The molecule has 0 amide bonds. The second-order valence-electron chi connectivity index (χ2n) is 13.4. The van der Waals surface area contributed by atoms with Gasteiger partial charge in [0.2, 0.25) is 0 Å². The second kappa shape index (κ2) is 12.9. The molecule has 0 unspecified atom stereocenters. The van der Waals surface area contributed by atoms with E-state index < -0.39 is 0 Å². The van der Waals surface area contributed by atoms with E-state index in [9.17, 15) is 0 Å². The van der Waals surface area contributed by atoms with Gasteiger partial charge in [0.1, 0.15) is 11.2 Å². The summed E-state index contributed by atoms with van der Waals surface area (Å²) in [5.41, 5.74) is 13.1. The molecule has 0 saturated heterocycles. The lowest BCUT2D eigenvalue weighted by molar-refractivity contribution is 0.670. The summed E-state index contributed by atoms with van der Waals surface area (Å²) in [6, 6.07) is 68.0. The van der Waals surface area contributed by atoms with Crippen LogP contribution in [0.25, 0.3) is 100.0 Å². The minimum absolute atomic E-state index is 0.677. The maximum absolute atomic E-state index is 6.58. The van der Waals surface area contributed by atoms with Crippen LogP contribution in [0.4, 0.5) is 0 Å². The molecule has 10 aromatic rings. The van der Waals surface area contributed by atoms with E-state index in [4.69, 9.17) is 14.4 Å². The number of benzene rings is 8. The first-order valence-corrected chi connectivity index (χ1v) is 17.9. The van der Waals surface area contributed by atoms with Crippen molar-refractivity contribution in [2.24, 2.45) is 0 Å². The fraction of sp³-hybridized carbons (Fsp3) is 0. The summed E-state index contributed by atoms with van der Waals surface area (Å²) in [6.07, 6.45) is 0. The quantitative estimate of drug-likeness (QED) is 0.176. The van der Waals surface area contributed by atoms with Crippen molar-refractivity contribution >= 4 is 32.7 Å². The van der Waals surface area contributed by atoms with Crippen LogP contribution in [-0.2, 0) is 0 Å². The Kier molecular flexibility index (Phi) is 7.47. The van der Waals surface area contributed by atoms with E-state index in [-0.39, 0.29) is 0 Å². The van der Waals surface area contributed by atoms with Gasteiger partial charge < -0.3 is 4.42 Å². The molecular formula is C50H32N2O. The number of aromatic nitrogens is 2. The highest BCUT2D eigenvalue weighted by Crippen LogP contribution is 2.41. The fourth-order valence-electron chi connectivity index (χ4n) is 7.49. The molecule has 0 aliphatic heterocycles. The van der Waals surface area contributed by atoms with Crippen LogP contribution in [0.2, 0.25) is 0 Å². The average molecular weight is 677 g/mol. The van der Waals surface area contributed by atoms with Gasteiger partial charge in [-0.2, -0.15) is 0 Å². The van der Waals surface area contributed by atoms with Crippen LogP contribution in [0.3, 0.4) is 0 Å². The van der Waals surface area contributed by atoms with Crippen LogP contribution in [0.5, 0.6) is 0 Å². The first kappa shape index (κ1) is 30.7. The molecule has 2 aromatic heterocycles. The lowest BCUT2D eigenvalue weighted by Crippen LogP contribution is -1.97. The van der Waals surface area contributed by atoms with Crippen LogP contribution in [0, 0.1) is 0 Å². The second-order valence-corrected chi connectivity index (χ2v) is 13.4. The number of hydrogen-bond acceptors (Lipinski definition) is 3. The van der Waals surface area contributed by atoms with Gasteiger partial charge in [-0.25, -0.2) is 9.97 Å². The van der Waals surface area contributed by atoms with Crippen LogP contribution in [0.15, 0.2) is 199 Å². The molecular weight excluding hydrogens is 645 g/mol. The average Bonchev–Trinajstić information content (AvgIpc) is 3.63. The van der Waals surface area contributed by atoms with Crippen LogP contribution < -0.4 is 0 Å². The third kappa shape index (κ3) is 5.65. The van der Waals surface area contributed by atoms with Gasteiger partial charge in [0, 0.05) is 33.0 Å². The molecule has 0 aliphatic rings. The smallest absolute Gasteiger partial charge is 0.160 e. The zero-order valence-corrected chi connectivity index (χ0v) is 28.8. The normalized spacial score (nSPS) is 11.4. The molecule has 3 nitrogen and oxygen atoms in total. The molecule has 0 fully saturated rings. The fourth-order valence-corrected chi connectivity index (χ4v) is 7.49. The van der Waals surface area contributed by atoms with Gasteiger partial charge in [-0.1, -0.05) is 158 Å². The maximum atomic E-state index is 6.58. The van der Waals surface area contributed by atoms with Crippen molar-refractivity contribution in [3.05, 3.63) is 194 Å². The third-order valence-electron chi connectivity index (χ3n) is 10.1. The van der Waals surface area contributed by atoms with Gasteiger partial charge in [0.15, 0.2) is 5.82 Å². The van der Waals surface area contributed by atoms with E-state index >= 15 is 0 Å². The van der Waals surface area contributed by atoms with Gasteiger partial charge in [-0.15, -0.1) is 0 Å². The van der Waals surface area contributed by atoms with E-state index in [2.05, 4.69) is 170 Å². The minimum atomic E-state index is 0.677. The number of nitrogens with zero attached hydrogens (tertiary/aromatic N) is 2. The molecule has 0 saturated carbocycles. The van der Waals surface area contributed by atoms with E-state index in [1.807, 2.05) is 24.3 Å². The molecule has 0 spiro atoms. The summed E-state index contributed by atoms with van der Waals surface area (Å²) in [5.74, 6) is 0.677. The van der Waals surface area contributed by atoms with E-state index in [1.165, 1.54) is 10.8 Å². The monoisotopic (exact) mass is 676 g/mol. The molecule has 0 bridgehead atoms. The molecule has 10 rings (SSSR count). The molecule has 53 heavy (non-hydrogen) atoms. The van der Waals surface area contributed by atoms with Crippen LogP contribution >= 0.6 is 0 Å². The van der Waals surface area contributed by atoms with Gasteiger partial charge in [-0.3, -0.25) is 0 Å². The van der Waals surface area contributed by atoms with Crippen molar-refractivity contribution in [2.75, 3.05) is 0 Å². The number of fused-ring (bicyclic) bond motifs is 4.